The molecule has 0 aliphatic carbocycles. The average Bonchev–Trinajstić information content (AvgIpc) is 2.81. The van der Waals surface area contributed by atoms with Crippen molar-refractivity contribution >= 4 is 5.84 Å². The highest BCUT2D eigenvalue weighted by Gasteiger charge is 2.40. The number of fused-ring (bicyclic) bond motifs is 1. The third-order valence-corrected chi connectivity index (χ3v) is 3.41. The summed E-state index contributed by atoms with van der Waals surface area (Å²) in [4.78, 5) is 4.27. The number of nitrogens with zero attached hydrogens (tertiary/aromatic N) is 1. The summed E-state index contributed by atoms with van der Waals surface area (Å²) in [5.74, 6) is 0.647. The normalized spacial score (nSPS) is 15.4. The van der Waals surface area contributed by atoms with Gasteiger partial charge in [0.2, 0.25) is 0 Å². The number of amidine groups is 1. The van der Waals surface area contributed by atoms with E-state index in [-0.39, 0.29) is 0 Å². The van der Waals surface area contributed by atoms with Gasteiger partial charge >= 0.3 is 0 Å². The number of rotatable bonds is 4. The molecule has 5 nitrogen and oxygen atoms in total. The molecule has 0 spiro atoms. The first-order valence-corrected chi connectivity index (χ1v) is 6.52. The maximum absolute atomic E-state index is 5.97. The van der Waals surface area contributed by atoms with Gasteiger partial charge in [-0.25, -0.2) is 4.99 Å². The molecule has 0 radical (unpaired) electrons. The SMILES string of the molecule is COC1(OC)N=C(N)c2cc(Oc3ccccc3)ccc21. The highest BCUT2D eigenvalue weighted by molar-refractivity contribution is 6.02. The lowest BCUT2D eigenvalue weighted by molar-refractivity contribution is -0.206. The third-order valence-electron chi connectivity index (χ3n) is 3.41. The van der Waals surface area contributed by atoms with E-state index < -0.39 is 5.91 Å². The second kappa shape index (κ2) is 5.20. The van der Waals surface area contributed by atoms with Gasteiger partial charge in [0.15, 0.2) is 0 Å². The Labute approximate surface area is 123 Å². The minimum absolute atomic E-state index is 0.368. The molecule has 0 saturated heterocycles. The zero-order valence-corrected chi connectivity index (χ0v) is 11.9. The first-order valence-electron chi connectivity index (χ1n) is 6.52. The van der Waals surface area contributed by atoms with Gasteiger partial charge in [-0.15, -0.1) is 0 Å². The van der Waals surface area contributed by atoms with Crippen LogP contribution in [0.4, 0.5) is 0 Å². The van der Waals surface area contributed by atoms with Crippen molar-refractivity contribution < 1.29 is 14.2 Å². The molecular weight excluding hydrogens is 268 g/mol. The van der Waals surface area contributed by atoms with Crippen molar-refractivity contribution in [2.45, 2.75) is 5.91 Å². The number of para-hydroxylation sites is 1. The minimum atomic E-state index is -1.16. The lowest BCUT2D eigenvalue weighted by Crippen LogP contribution is -2.26. The molecule has 0 unspecified atom stereocenters. The van der Waals surface area contributed by atoms with Crippen LogP contribution in [0.2, 0.25) is 0 Å². The summed E-state index contributed by atoms with van der Waals surface area (Å²) in [7, 11) is 3.06. The number of benzene rings is 2. The Morgan fingerprint density at radius 1 is 0.952 bits per heavy atom. The smallest absolute Gasteiger partial charge is 0.300 e. The van der Waals surface area contributed by atoms with Crippen LogP contribution in [0.25, 0.3) is 0 Å². The van der Waals surface area contributed by atoms with E-state index in [1.54, 1.807) is 0 Å². The van der Waals surface area contributed by atoms with Crippen molar-refractivity contribution in [1.29, 1.82) is 0 Å². The Balaban J connectivity index is 1.96. The lowest BCUT2D eigenvalue weighted by atomic mass is 10.1. The average molecular weight is 284 g/mol. The summed E-state index contributed by atoms with van der Waals surface area (Å²) in [6, 6.07) is 15.1. The van der Waals surface area contributed by atoms with Gasteiger partial charge in [-0.05, 0) is 30.3 Å². The second-order valence-electron chi connectivity index (χ2n) is 4.61. The maximum Gasteiger partial charge on any atom is 0.300 e. The number of methoxy groups -OCH3 is 2. The summed E-state index contributed by atoms with van der Waals surface area (Å²) in [6.45, 7) is 0. The predicted molar refractivity (Wildman–Crippen MR) is 79.4 cm³/mol. The van der Waals surface area contributed by atoms with Crippen LogP contribution in [-0.2, 0) is 15.4 Å². The highest BCUT2D eigenvalue weighted by Crippen LogP contribution is 2.38. The van der Waals surface area contributed by atoms with Gasteiger partial charge in [0.25, 0.3) is 5.91 Å². The van der Waals surface area contributed by atoms with Gasteiger partial charge in [0, 0.05) is 25.3 Å². The molecule has 2 aromatic carbocycles. The number of nitrogens with two attached hydrogens (primary N) is 1. The van der Waals surface area contributed by atoms with Gasteiger partial charge in [-0.1, -0.05) is 18.2 Å². The van der Waals surface area contributed by atoms with E-state index in [1.165, 1.54) is 14.2 Å². The third kappa shape index (κ3) is 2.26. The van der Waals surface area contributed by atoms with E-state index in [0.29, 0.717) is 11.6 Å². The Bertz CT molecular complexity index is 679. The molecule has 1 aliphatic heterocycles. The molecule has 2 aromatic rings. The molecule has 0 aromatic heterocycles. The summed E-state index contributed by atoms with van der Waals surface area (Å²) in [5, 5.41) is 0. The minimum Gasteiger partial charge on any atom is -0.457 e. The number of ether oxygens (including phenoxy) is 3. The Morgan fingerprint density at radius 2 is 1.67 bits per heavy atom. The monoisotopic (exact) mass is 284 g/mol. The van der Waals surface area contributed by atoms with Crippen LogP contribution in [0.15, 0.2) is 53.5 Å². The van der Waals surface area contributed by atoms with Gasteiger partial charge in [0.1, 0.15) is 17.3 Å². The largest absolute Gasteiger partial charge is 0.457 e. The van der Waals surface area contributed by atoms with E-state index in [4.69, 9.17) is 19.9 Å². The van der Waals surface area contributed by atoms with Crippen molar-refractivity contribution in [3.8, 4) is 11.5 Å². The van der Waals surface area contributed by atoms with Crippen LogP contribution in [0.3, 0.4) is 0 Å². The molecular formula is C16H16N2O3. The standard InChI is InChI=1S/C16H16N2O3/c1-19-16(20-2)14-9-8-12(10-13(14)15(17)18-16)21-11-6-4-3-5-7-11/h3-10H,1-2H3,(H2,17,18). The molecule has 108 valence electrons. The van der Waals surface area contributed by atoms with Crippen molar-refractivity contribution in [1.82, 2.24) is 0 Å². The van der Waals surface area contributed by atoms with Gasteiger partial charge < -0.3 is 19.9 Å². The molecule has 0 amide bonds. The van der Waals surface area contributed by atoms with Crippen LogP contribution >= 0.6 is 0 Å². The van der Waals surface area contributed by atoms with Crippen LogP contribution < -0.4 is 10.5 Å². The van der Waals surface area contributed by atoms with E-state index in [9.17, 15) is 0 Å². The van der Waals surface area contributed by atoms with Crippen LogP contribution in [0.1, 0.15) is 11.1 Å². The fraction of sp³-hybridized carbons (Fsp3) is 0.188. The van der Waals surface area contributed by atoms with Crippen molar-refractivity contribution in [3.63, 3.8) is 0 Å². The molecule has 0 fully saturated rings. The molecule has 1 heterocycles. The van der Waals surface area contributed by atoms with Crippen molar-refractivity contribution in [3.05, 3.63) is 59.7 Å². The van der Waals surface area contributed by atoms with Gasteiger partial charge in [0.05, 0.1) is 0 Å². The molecule has 0 bridgehead atoms. The molecule has 1 aliphatic rings. The van der Waals surface area contributed by atoms with Crippen LogP contribution in [0, 0.1) is 0 Å². The first-order chi connectivity index (χ1) is 10.2. The zero-order chi connectivity index (χ0) is 14.9. The number of hydrogen-bond acceptors (Lipinski definition) is 5. The Hall–Kier alpha value is -2.37. The lowest BCUT2D eigenvalue weighted by Gasteiger charge is -2.23. The molecule has 0 saturated carbocycles. The second-order valence-corrected chi connectivity index (χ2v) is 4.61. The maximum atomic E-state index is 5.97. The van der Waals surface area contributed by atoms with E-state index in [2.05, 4.69) is 4.99 Å². The molecule has 0 atom stereocenters. The van der Waals surface area contributed by atoms with Gasteiger partial charge in [-0.2, -0.15) is 0 Å². The molecule has 21 heavy (non-hydrogen) atoms. The summed E-state index contributed by atoms with van der Waals surface area (Å²) < 4.78 is 16.5. The number of hydrogen-bond donors (Lipinski definition) is 1. The fourth-order valence-corrected chi connectivity index (χ4v) is 2.37. The van der Waals surface area contributed by atoms with Crippen LogP contribution in [-0.4, -0.2) is 20.1 Å². The molecule has 5 heteroatoms. The van der Waals surface area contributed by atoms with Gasteiger partial charge in [-0.3, -0.25) is 0 Å². The van der Waals surface area contributed by atoms with Crippen molar-refractivity contribution in [2.24, 2.45) is 10.7 Å². The predicted octanol–water partition coefficient (Wildman–Crippen LogP) is 2.60. The molecule has 3 rings (SSSR count). The number of aliphatic imine (C=N–C) groups is 1. The van der Waals surface area contributed by atoms with Crippen LogP contribution in [0.5, 0.6) is 11.5 Å². The molecule has 2 N–H and O–H groups in total. The van der Waals surface area contributed by atoms with Crippen molar-refractivity contribution in [2.75, 3.05) is 14.2 Å². The quantitative estimate of drug-likeness (QED) is 0.876. The zero-order valence-electron chi connectivity index (χ0n) is 11.9. The summed E-state index contributed by atoms with van der Waals surface area (Å²) >= 11 is 0. The van der Waals surface area contributed by atoms with E-state index in [0.717, 1.165) is 16.9 Å². The first kappa shape index (κ1) is 13.6. The summed E-state index contributed by atoms with van der Waals surface area (Å²) in [5.41, 5.74) is 7.50. The van der Waals surface area contributed by atoms with E-state index in [1.807, 2.05) is 48.5 Å². The summed E-state index contributed by atoms with van der Waals surface area (Å²) in [6.07, 6.45) is 0. The fourth-order valence-electron chi connectivity index (χ4n) is 2.37. The Kier molecular flexibility index (Phi) is 3.37. The topological polar surface area (TPSA) is 66.1 Å². The Morgan fingerprint density at radius 3 is 2.33 bits per heavy atom. The van der Waals surface area contributed by atoms with E-state index >= 15 is 0 Å². The highest BCUT2D eigenvalue weighted by atomic mass is 16.7.